The van der Waals surface area contributed by atoms with Crippen LogP contribution in [-0.4, -0.2) is 30.6 Å². The molecule has 2 aromatic carbocycles. The van der Waals surface area contributed by atoms with Gasteiger partial charge in [-0.25, -0.2) is 0 Å². The van der Waals surface area contributed by atoms with E-state index in [2.05, 4.69) is 15.1 Å². The van der Waals surface area contributed by atoms with Crippen LogP contribution in [0.1, 0.15) is 27.7 Å². The SMILES string of the molecule is CCN(CCO)c1ccc(N=Nc2ccc(/C=C3\C(=O)c4ccccc4C3=C(C#N)C#N)s2)cc1. The van der Waals surface area contributed by atoms with E-state index >= 15 is 0 Å². The van der Waals surface area contributed by atoms with Crippen molar-refractivity contribution in [3.8, 4) is 12.1 Å². The summed E-state index contributed by atoms with van der Waals surface area (Å²) in [6.45, 7) is 3.49. The molecule has 8 heteroatoms. The number of benzene rings is 2. The Morgan fingerprint density at radius 2 is 1.74 bits per heavy atom. The summed E-state index contributed by atoms with van der Waals surface area (Å²) >= 11 is 1.35. The van der Waals surface area contributed by atoms with Crippen molar-refractivity contribution >= 4 is 45.1 Å². The van der Waals surface area contributed by atoms with Gasteiger partial charge in [-0.1, -0.05) is 24.3 Å². The molecular weight excluding hydrogens is 458 g/mol. The minimum absolute atomic E-state index is 0.0879. The van der Waals surface area contributed by atoms with Crippen molar-refractivity contribution in [2.24, 2.45) is 10.2 Å². The smallest absolute Gasteiger partial charge is 0.194 e. The maximum atomic E-state index is 13.0. The first-order valence-electron chi connectivity index (χ1n) is 11.0. The number of hydrogen-bond acceptors (Lipinski definition) is 8. The number of allylic oxidation sites excluding steroid dienone is 3. The van der Waals surface area contributed by atoms with Gasteiger partial charge in [0, 0.05) is 40.4 Å². The van der Waals surface area contributed by atoms with Gasteiger partial charge in [-0.2, -0.15) is 10.5 Å². The van der Waals surface area contributed by atoms with E-state index < -0.39 is 0 Å². The highest BCUT2D eigenvalue weighted by Gasteiger charge is 2.32. The molecule has 1 heterocycles. The lowest BCUT2D eigenvalue weighted by atomic mass is 9.99. The van der Waals surface area contributed by atoms with Crippen LogP contribution >= 0.6 is 11.3 Å². The number of azo groups is 1. The first-order valence-corrected chi connectivity index (χ1v) is 11.8. The molecule has 0 atom stereocenters. The van der Waals surface area contributed by atoms with Crippen LogP contribution in [0.25, 0.3) is 11.6 Å². The van der Waals surface area contributed by atoms with Crippen LogP contribution in [0.2, 0.25) is 0 Å². The molecule has 7 nitrogen and oxygen atoms in total. The van der Waals surface area contributed by atoms with Crippen molar-refractivity contribution in [1.82, 2.24) is 0 Å². The first-order chi connectivity index (χ1) is 17.1. The molecule has 1 aliphatic rings. The van der Waals surface area contributed by atoms with E-state index in [4.69, 9.17) is 0 Å². The quantitative estimate of drug-likeness (QED) is 0.251. The lowest BCUT2D eigenvalue weighted by Gasteiger charge is -2.21. The molecule has 1 aliphatic carbocycles. The predicted molar refractivity (Wildman–Crippen MR) is 137 cm³/mol. The van der Waals surface area contributed by atoms with Gasteiger partial charge in [0.05, 0.1) is 12.3 Å². The number of rotatable bonds is 7. The number of aliphatic hydroxyl groups excluding tert-OH is 1. The van der Waals surface area contributed by atoms with Crippen LogP contribution in [0.5, 0.6) is 0 Å². The van der Waals surface area contributed by atoms with Crippen molar-refractivity contribution < 1.29 is 9.90 Å². The van der Waals surface area contributed by atoms with Gasteiger partial charge in [-0.15, -0.1) is 21.6 Å². The average Bonchev–Trinajstić information content (AvgIpc) is 3.45. The van der Waals surface area contributed by atoms with E-state index in [1.165, 1.54) is 11.3 Å². The van der Waals surface area contributed by atoms with E-state index in [-0.39, 0.29) is 18.0 Å². The monoisotopic (exact) mass is 479 g/mol. The van der Waals surface area contributed by atoms with Crippen LogP contribution in [0.4, 0.5) is 16.4 Å². The average molecular weight is 480 g/mol. The van der Waals surface area contributed by atoms with Gasteiger partial charge in [0.1, 0.15) is 22.7 Å². The highest BCUT2D eigenvalue weighted by atomic mass is 32.1. The topological polar surface area (TPSA) is 113 Å². The summed E-state index contributed by atoms with van der Waals surface area (Å²) in [6, 6.07) is 22.1. The van der Waals surface area contributed by atoms with Gasteiger partial charge in [0.15, 0.2) is 5.78 Å². The number of fused-ring (bicyclic) bond motifs is 1. The van der Waals surface area contributed by atoms with E-state index in [0.29, 0.717) is 39.5 Å². The first kappa shape index (κ1) is 23.8. The summed E-state index contributed by atoms with van der Waals surface area (Å²) in [5.41, 5.74) is 3.39. The number of thiophene rings is 1. The molecule has 172 valence electrons. The Hall–Kier alpha value is -4.37. The molecule has 0 bridgehead atoms. The highest BCUT2D eigenvalue weighted by Crippen LogP contribution is 2.40. The Kier molecular flexibility index (Phi) is 7.27. The highest BCUT2D eigenvalue weighted by molar-refractivity contribution is 7.16. The van der Waals surface area contributed by atoms with E-state index in [9.17, 15) is 20.4 Å². The van der Waals surface area contributed by atoms with Crippen LogP contribution in [0.15, 0.2) is 82.0 Å². The number of carbonyl (C=O) groups is 1. The Bertz CT molecular complexity index is 1420. The fourth-order valence-electron chi connectivity index (χ4n) is 3.89. The second-order valence-corrected chi connectivity index (χ2v) is 8.70. The Balaban J connectivity index is 1.58. The fraction of sp³-hybridized carbons (Fsp3) is 0.148. The summed E-state index contributed by atoms with van der Waals surface area (Å²) < 4.78 is 0. The van der Waals surface area contributed by atoms with Crippen molar-refractivity contribution in [2.75, 3.05) is 24.6 Å². The maximum Gasteiger partial charge on any atom is 0.194 e. The Labute approximate surface area is 207 Å². The van der Waals surface area contributed by atoms with Crippen molar-refractivity contribution in [3.63, 3.8) is 0 Å². The molecule has 0 radical (unpaired) electrons. The van der Waals surface area contributed by atoms with Crippen LogP contribution < -0.4 is 4.90 Å². The van der Waals surface area contributed by atoms with Gasteiger partial charge in [-0.3, -0.25) is 4.79 Å². The lowest BCUT2D eigenvalue weighted by Crippen LogP contribution is -2.25. The zero-order chi connectivity index (χ0) is 24.8. The molecule has 3 aromatic rings. The molecule has 0 saturated heterocycles. The molecule has 1 N–H and O–H groups in total. The number of ketones is 1. The molecule has 0 fully saturated rings. The minimum atomic E-state index is -0.211. The third-order valence-corrected chi connectivity index (χ3v) is 6.47. The number of hydrogen-bond donors (Lipinski definition) is 1. The summed E-state index contributed by atoms with van der Waals surface area (Å²) in [7, 11) is 0. The third kappa shape index (κ3) is 4.95. The molecule has 0 saturated carbocycles. The van der Waals surface area contributed by atoms with Crippen molar-refractivity contribution in [3.05, 3.63) is 87.8 Å². The maximum absolute atomic E-state index is 13.0. The van der Waals surface area contributed by atoms with Gasteiger partial charge in [0.25, 0.3) is 0 Å². The number of carbonyl (C=O) groups excluding carboxylic acids is 1. The molecule has 4 rings (SSSR count). The van der Waals surface area contributed by atoms with Gasteiger partial charge >= 0.3 is 0 Å². The van der Waals surface area contributed by atoms with Crippen LogP contribution in [0.3, 0.4) is 0 Å². The predicted octanol–water partition coefficient (Wildman–Crippen LogP) is 6.06. The van der Waals surface area contributed by atoms with Crippen LogP contribution in [-0.2, 0) is 0 Å². The number of likely N-dealkylation sites (N-methyl/N-ethyl adjacent to an activating group) is 1. The lowest BCUT2D eigenvalue weighted by molar-refractivity contribution is 0.104. The number of nitrogens with zero attached hydrogens (tertiary/aromatic N) is 5. The number of Topliss-reactive ketones (excluding diaryl/α,β-unsaturated/α-hetero) is 1. The summed E-state index contributed by atoms with van der Waals surface area (Å²) in [5.74, 6) is -0.211. The van der Waals surface area contributed by atoms with Crippen LogP contribution in [0, 0.1) is 22.7 Å². The van der Waals surface area contributed by atoms with Crippen molar-refractivity contribution in [1.29, 1.82) is 10.5 Å². The Morgan fingerprint density at radius 1 is 1.03 bits per heavy atom. The van der Waals surface area contributed by atoms with Gasteiger partial charge in [-0.05, 0) is 55.0 Å². The molecule has 1 aromatic heterocycles. The largest absolute Gasteiger partial charge is 0.395 e. The fourth-order valence-corrected chi connectivity index (χ4v) is 4.66. The molecule has 0 amide bonds. The van der Waals surface area contributed by atoms with E-state index in [1.54, 1.807) is 36.4 Å². The van der Waals surface area contributed by atoms with Gasteiger partial charge < -0.3 is 10.0 Å². The number of aliphatic hydroxyl groups is 1. The van der Waals surface area contributed by atoms with Gasteiger partial charge in [0.2, 0.25) is 0 Å². The third-order valence-electron chi connectivity index (χ3n) is 5.56. The zero-order valence-electron chi connectivity index (χ0n) is 19.0. The van der Waals surface area contributed by atoms with E-state index in [1.807, 2.05) is 49.4 Å². The zero-order valence-corrected chi connectivity index (χ0v) is 19.8. The molecule has 0 spiro atoms. The number of anilines is 1. The summed E-state index contributed by atoms with van der Waals surface area (Å²) in [6.07, 6.45) is 1.70. The molecular formula is C27H21N5O2S. The van der Waals surface area contributed by atoms with E-state index in [0.717, 1.165) is 17.1 Å². The normalized spacial score (nSPS) is 13.7. The molecule has 0 unspecified atom stereocenters. The Morgan fingerprint density at radius 3 is 2.40 bits per heavy atom. The molecule has 35 heavy (non-hydrogen) atoms. The second-order valence-electron chi connectivity index (χ2n) is 7.60. The summed E-state index contributed by atoms with van der Waals surface area (Å²) in [4.78, 5) is 15.9. The number of nitriles is 2. The molecule has 0 aliphatic heterocycles. The summed E-state index contributed by atoms with van der Waals surface area (Å²) in [5, 5.41) is 37.3. The van der Waals surface area contributed by atoms with Crippen molar-refractivity contribution in [2.45, 2.75) is 6.92 Å². The minimum Gasteiger partial charge on any atom is -0.395 e. The standard InChI is InChI=1S/C27H21N5O2S/c1-2-32(13-14-33)20-9-7-19(8-10-20)30-31-25-12-11-21(35-25)15-24-26(18(16-28)17-29)22-5-3-4-6-23(22)27(24)34/h3-12,15,33H,2,13-14H2,1H3/b24-15-,31-30?. The second kappa shape index (κ2) is 10.7.